The van der Waals surface area contributed by atoms with E-state index in [2.05, 4.69) is 162 Å². The molecule has 0 saturated carbocycles. The summed E-state index contributed by atoms with van der Waals surface area (Å²) in [5.74, 6) is 1.61. The van der Waals surface area contributed by atoms with Crippen LogP contribution in [0.4, 0.5) is 11.6 Å². The molecule has 0 radical (unpaired) electrons. The van der Waals surface area contributed by atoms with Gasteiger partial charge in [0.25, 0.3) is 0 Å². The van der Waals surface area contributed by atoms with Gasteiger partial charge in [-0.25, -0.2) is 4.99 Å². The molecule has 230 valence electrons. The standard InChI is InChI=1S/C44H27N3OS/c1-2-10-26(11-3-1)41-43(47-36-16-8-6-14-31(36)34-22-27-12-4-5-13-28(27)24-37(34)47)45-42-33-20-18-30(25-38(33)48-44(42)46-41)29-19-21-40-35(23-29)32-15-7-9-17-39(32)49-40/h1-25,41,46H. The Balaban J connectivity index is 1.13. The molecule has 4 nitrogen and oxygen atoms in total. The van der Waals surface area contributed by atoms with E-state index in [1.54, 1.807) is 0 Å². The van der Waals surface area contributed by atoms with Gasteiger partial charge in [-0.15, -0.1) is 11.3 Å². The first-order valence-corrected chi connectivity index (χ1v) is 17.4. The number of rotatable bonds is 2. The van der Waals surface area contributed by atoms with Crippen molar-refractivity contribution in [2.75, 3.05) is 5.32 Å². The van der Waals surface area contributed by atoms with Gasteiger partial charge < -0.3 is 9.73 Å². The second kappa shape index (κ2) is 10.2. The number of benzene rings is 7. The largest absolute Gasteiger partial charge is 0.438 e. The molecule has 1 aliphatic heterocycles. The van der Waals surface area contributed by atoms with E-state index in [-0.39, 0.29) is 6.04 Å². The summed E-state index contributed by atoms with van der Waals surface area (Å²) in [7, 11) is 0. The van der Waals surface area contributed by atoms with Gasteiger partial charge in [-0.05, 0) is 76.0 Å². The number of hydrogen-bond acceptors (Lipinski definition) is 4. The lowest BCUT2D eigenvalue weighted by molar-refractivity contribution is 0.620. The number of hydrogen-bond donors (Lipinski definition) is 1. The number of aromatic nitrogens is 1. The topological polar surface area (TPSA) is 42.5 Å². The maximum absolute atomic E-state index is 6.62. The predicted octanol–water partition coefficient (Wildman–Crippen LogP) is 12.5. The zero-order valence-electron chi connectivity index (χ0n) is 26.2. The van der Waals surface area contributed by atoms with Crippen molar-refractivity contribution in [1.82, 2.24) is 4.57 Å². The molecule has 11 rings (SSSR count). The van der Waals surface area contributed by atoms with E-state index >= 15 is 0 Å². The Hall–Kier alpha value is -6.17. The molecule has 7 aromatic carbocycles. The summed E-state index contributed by atoms with van der Waals surface area (Å²) in [6, 6.07) is 54.1. The number of thiophene rings is 1. The molecule has 4 heterocycles. The van der Waals surface area contributed by atoms with E-state index in [4.69, 9.17) is 9.41 Å². The highest BCUT2D eigenvalue weighted by molar-refractivity contribution is 7.25. The average Bonchev–Trinajstić information content (AvgIpc) is 3.82. The summed E-state index contributed by atoms with van der Waals surface area (Å²) in [6.07, 6.45) is 0. The van der Waals surface area contributed by atoms with Gasteiger partial charge in [0.2, 0.25) is 5.88 Å². The van der Waals surface area contributed by atoms with Crippen molar-refractivity contribution in [3.63, 3.8) is 0 Å². The maximum atomic E-state index is 6.62. The molecule has 49 heavy (non-hydrogen) atoms. The minimum absolute atomic E-state index is 0.228. The fourth-order valence-electron chi connectivity index (χ4n) is 7.71. The minimum atomic E-state index is -0.228. The second-order valence-corrected chi connectivity index (χ2v) is 13.9. The van der Waals surface area contributed by atoms with Crippen LogP contribution in [0.1, 0.15) is 11.6 Å². The third kappa shape index (κ3) is 4.00. The Morgan fingerprint density at radius 3 is 2.16 bits per heavy atom. The quantitative estimate of drug-likeness (QED) is 0.203. The number of nitrogens with zero attached hydrogens (tertiary/aromatic N) is 2. The third-order valence-electron chi connectivity index (χ3n) is 10.0. The molecule has 0 spiro atoms. The van der Waals surface area contributed by atoms with Crippen molar-refractivity contribution < 1.29 is 4.42 Å². The fraction of sp³-hybridized carbons (Fsp3) is 0.0227. The molecule has 0 amide bonds. The van der Waals surface area contributed by atoms with E-state index in [9.17, 15) is 0 Å². The number of fused-ring (bicyclic) bond motifs is 10. The first-order valence-electron chi connectivity index (χ1n) is 16.6. The van der Waals surface area contributed by atoms with Crippen LogP contribution in [0.5, 0.6) is 0 Å². The molecule has 0 aliphatic carbocycles. The minimum Gasteiger partial charge on any atom is -0.438 e. The van der Waals surface area contributed by atoms with Gasteiger partial charge in [0.1, 0.15) is 23.1 Å². The molecule has 1 N–H and O–H groups in total. The lowest BCUT2D eigenvalue weighted by Gasteiger charge is -2.26. The molecular weight excluding hydrogens is 619 g/mol. The van der Waals surface area contributed by atoms with Gasteiger partial charge in [-0.2, -0.15) is 0 Å². The van der Waals surface area contributed by atoms with Crippen LogP contribution in [0, 0.1) is 0 Å². The predicted molar refractivity (Wildman–Crippen MR) is 207 cm³/mol. The van der Waals surface area contributed by atoms with Crippen LogP contribution in [0.3, 0.4) is 0 Å². The van der Waals surface area contributed by atoms with Gasteiger partial charge in [0.05, 0.1) is 11.0 Å². The summed E-state index contributed by atoms with van der Waals surface area (Å²) in [6.45, 7) is 0. The Kier molecular flexibility index (Phi) is 5.57. The van der Waals surface area contributed by atoms with Gasteiger partial charge in [0.15, 0.2) is 0 Å². The number of anilines is 1. The molecule has 0 fully saturated rings. The Morgan fingerprint density at radius 1 is 0.551 bits per heavy atom. The molecule has 3 aromatic heterocycles. The lowest BCUT2D eigenvalue weighted by atomic mass is 10.0. The molecule has 1 aliphatic rings. The van der Waals surface area contributed by atoms with E-state index in [1.807, 2.05) is 11.3 Å². The van der Waals surface area contributed by atoms with Crippen LogP contribution < -0.4 is 5.32 Å². The number of para-hydroxylation sites is 1. The van der Waals surface area contributed by atoms with Crippen LogP contribution in [-0.4, -0.2) is 10.4 Å². The van der Waals surface area contributed by atoms with E-state index in [0.29, 0.717) is 5.88 Å². The van der Waals surface area contributed by atoms with Crippen molar-refractivity contribution >= 4 is 92.5 Å². The van der Waals surface area contributed by atoms with Crippen LogP contribution >= 0.6 is 11.3 Å². The summed E-state index contributed by atoms with van der Waals surface area (Å²) in [5.41, 5.74) is 7.32. The van der Waals surface area contributed by atoms with Crippen LogP contribution in [0.15, 0.2) is 161 Å². The zero-order valence-corrected chi connectivity index (χ0v) is 27.0. The summed E-state index contributed by atoms with van der Waals surface area (Å²) < 4.78 is 11.6. The Morgan fingerprint density at radius 2 is 1.27 bits per heavy atom. The highest BCUT2D eigenvalue weighted by atomic mass is 32.1. The highest BCUT2D eigenvalue weighted by Gasteiger charge is 2.31. The molecule has 5 heteroatoms. The number of aliphatic imine (C=N–C) groups is 1. The van der Waals surface area contributed by atoms with Crippen LogP contribution in [-0.2, 0) is 0 Å². The van der Waals surface area contributed by atoms with Gasteiger partial charge in [0, 0.05) is 36.3 Å². The highest BCUT2D eigenvalue weighted by Crippen LogP contribution is 2.46. The number of furan rings is 1. The molecule has 1 atom stereocenters. The van der Waals surface area contributed by atoms with E-state index < -0.39 is 0 Å². The second-order valence-electron chi connectivity index (χ2n) is 12.8. The average molecular weight is 646 g/mol. The van der Waals surface area contributed by atoms with Crippen molar-refractivity contribution in [2.45, 2.75) is 6.04 Å². The van der Waals surface area contributed by atoms with Crippen LogP contribution in [0.2, 0.25) is 0 Å². The fourth-order valence-corrected chi connectivity index (χ4v) is 8.80. The van der Waals surface area contributed by atoms with Gasteiger partial charge in [-0.3, -0.25) is 4.57 Å². The summed E-state index contributed by atoms with van der Waals surface area (Å²) in [4.78, 5) is 5.51. The van der Waals surface area contributed by atoms with Crippen molar-refractivity contribution in [2.24, 2.45) is 4.99 Å². The van der Waals surface area contributed by atoms with E-state index in [0.717, 1.165) is 44.7 Å². The molecule has 10 aromatic rings. The zero-order chi connectivity index (χ0) is 32.1. The van der Waals surface area contributed by atoms with Gasteiger partial charge in [-0.1, -0.05) is 103 Å². The first-order chi connectivity index (χ1) is 24.3. The third-order valence-corrected chi connectivity index (χ3v) is 11.2. The lowest BCUT2D eigenvalue weighted by Crippen LogP contribution is -2.29. The monoisotopic (exact) mass is 645 g/mol. The molecule has 1 unspecified atom stereocenters. The molecule has 0 saturated heterocycles. The normalized spacial score (nSPS) is 14.6. The maximum Gasteiger partial charge on any atom is 0.221 e. The van der Waals surface area contributed by atoms with Crippen molar-refractivity contribution in [3.8, 4) is 11.1 Å². The Labute approximate surface area is 285 Å². The summed E-state index contributed by atoms with van der Waals surface area (Å²) >= 11 is 1.84. The number of nitrogens with one attached hydrogen (secondary N) is 1. The van der Waals surface area contributed by atoms with Crippen LogP contribution in [0.25, 0.3) is 74.8 Å². The molecular formula is C44H27N3OS. The SMILES string of the molecule is c1ccc(C2Nc3oc4cc(-c5ccc6sc7ccccc7c6c5)ccc4c3N=C2n2c3ccccc3c3cc4ccccc4cc32)cc1. The Bertz CT molecular complexity index is 2980. The van der Waals surface area contributed by atoms with Crippen molar-refractivity contribution in [1.29, 1.82) is 0 Å². The first kappa shape index (κ1) is 26.9. The summed E-state index contributed by atoms with van der Waals surface area (Å²) in [5, 5.41) is 12.2. The van der Waals surface area contributed by atoms with Gasteiger partial charge >= 0.3 is 0 Å². The van der Waals surface area contributed by atoms with E-state index in [1.165, 1.54) is 47.3 Å². The van der Waals surface area contributed by atoms with Crippen molar-refractivity contribution in [3.05, 3.63) is 157 Å². The molecule has 0 bridgehead atoms. The smallest absolute Gasteiger partial charge is 0.221 e.